The molecular weight excluding hydrogens is 322 g/mol. The van der Waals surface area contributed by atoms with Gasteiger partial charge in [0.25, 0.3) is 5.91 Å². The maximum absolute atomic E-state index is 12.1. The van der Waals surface area contributed by atoms with Gasteiger partial charge in [0.1, 0.15) is 17.1 Å². The van der Waals surface area contributed by atoms with Crippen LogP contribution in [0.3, 0.4) is 0 Å². The van der Waals surface area contributed by atoms with Gasteiger partial charge in [-0.3, -0.25) is 4.79 Å². The Morgan fingerprint density at radius 3 is 2.52 bits per heavy atom. The molecule has 2 aromatic carbocycles. The summed E-state index contributed by atoms with van der Waals surface area (Å²) in [4.78, 5) is 24.1. The van der Waals surface area contributed by atoms with Gasteiger partial charge in [0, 0.05) is 11.8 Å². The van der Waals surface area contributed by atoms with Gasteiger partial charge in [0.05, 0.1) is 0 Å². The number of amides is 1. The lowest BCUT2D eigenvalue weighted by Gasteiger charge is -2.16. The zero-order valence-electron chi connectivity index (χ0n) is 14.4. The highest BCUT2D eigenvalue weighted by atomic mass is 16.5. The van der Waals surface area contributed by atoms with Crippen LogP contribution in [0.5, 0.6) is 11.5 Å². The first-order valence-electron chi connectivity index (χ1n) is 7.88. The lowest BCUT2D eigenvalue weighted by atomic mass is 9.98. The number of aryl methyl sites for hydroxylation is 1. The third-order valence-corrected chi connectivity index (χ3v) is 3.73. The standard InChI is InChI=1S/C19H21NO5/c1-11(2)14-6-4-5-12(3)18(14)20-17(23)10-25-19(24)15-8-7-13(21)9-16(15)22/h4-9,11,21-22H,10H2,1-3H3,(H,20,23). The maximum Gasteiger partial charge on any atom is 0.342 e. The molecule has 0 aliphatic heterocycles. The summed E-state index contributed by atoms with van der Waals surface area (Å²) >= 11 is 0. The van der Waals surface area contributed by atoms with Crippen LogP contribution in [0.2, 0.25) is 0 Å². The van der Waals surface area contributed by atoms with E-state index in [4.69, 9.17) is 4.74 Å². The second-order valence-corrected chi connectivity index (χ2v) is 6.02. The second kappa shape index (κ2) is 7.70. The van der Waals surface area contributed by atoms with E-state index in [9.17, 15) is 19.8 Å². The average molecular weight is 343 g/mol. The fourth-order valence-electron chi connectivity index (χ4n) is 2.42. The number of carbonyl (C=O) groups excluding carboxylic acids is 2. The Hall–Kier alpha value is -3.02. The third kappa shape index (κ3) is 4.50. The molecule has 132 valence electrons. The van der Waals surface area contributed by atoms with Gasteiger partial charge < -0.3 is 20.3 Å². The van der Waals surface area contributed by atoms with Crippen LogP contribution in [0.4, 0.5) is 5.69 Å². The highest BCUT2D eigenvalue weighted by Gasteiger charge is 2.16. The van der Waals surface area contributed by atoms with E-state index in [1.165, 1.54) is 12.1 Å². The van der Waals surface area contributed by atoms with E-state index >= 15 is 0 Å². The number of anilines is 1. The molecular formula is C19H21NO5. The number of ether oxygens (including phenoxy) is 1. The van der Waals surface area contributed by atoms with Crippen molar-refractivity contribution in [2.75, 3.05) is 11.9 Å². The topological polar surface area (TPSA) is 95.9 Å². The van der Waals surface area contributed by atoms with Crippen LogP contribution in [0, 0.1) is 6.92 Å². The molecule has 0 aromatic heterocycles. The van der Waals surface area contributed by atoms with E-state index in [1.807, 2.05) is 39.0 Å². The molecule has 2 rings (SSSR count). The summed E-state index contributed by atoms with van der Waals surface area (Å²) < 4.78 is 4.93. The van der Waals surface area contributed by atoms with Crippen LogP contribution < -0.4 is 5.32 Å². The zero-order chi connectivity index (χ0) is 18.6. The zero-order valence-corrected chi connectivity index (χ0v) is 14.4. The van der Waals surface area contributed by atoms with Crippen molar-refractivity contribution < 1.29 is 24.5 Å². The summed E-state index contributed by atoms with van der Waals surface area (Å²) in [5.74, 6) is -1.67. The monoisotopic (exact) mass is 343 g/mol. The number of rotatable bonds is 5. The molecule has 6 heteroatoms. The highest BCUT2D eigenvalue weighted by molar-refractivity contribution is 5.97. The van der Waals surface area contributed by atoms with Gasteiger partial charge in [-0.1, -0.05) is 32.0 Å². The summed E-state index contributed by atoms with van der Waals surface area (Å²) in [6.07, 6.45) is 0. The summed E-state index contributed by atoms with van der Waals surface area (Å²) in [5, 5.41) is 21.6. The second-order valence-electron chi connectivity index (χ2n) is 6.02. The van der Waals surface area contributed by atoms with Crippen molar-refractivity contribution in [2.45, 2.75) is 26.7 Å². The normalized spacial score (nSPS) is 10.6. The van der Waals surface area contributed by atoms with E-state index < -0.39 is 24.2 Å². The number of phenols is 2. The molecule has 0 spiro atoms. The molecule has 0 saturated carbocycles. The molecule has 0 heterocycles. The third-order valence-electron chi connectivity index (χ3n) is 3.73. The summed E-state index contributed by atoms with van der Waals surface area (Å²) in [6, 6.07) is 9.25. The number of nitrogens with one attached hydrogen (secondary N) is 1. The summed E-state index contributed by atoms with van der Waals surface area (Å²) in [5.41, 5.74) is 2.51. The Morgan fingerprint density at radius 1 is 1.16 bits per heavy atom. The number of hydrogen-bond acceptors (Lipinski definition) is 5. The van der Waals surface area contributed by atoms with Crippen molar-refractivity contribution in [3.8, 4) is 11.5 Å². The number of phenolic OH excluding ortho intramolecular Hbond substituents is 2. The van der Waals surface area contributed by atoms with Gasteiger partial charge in [-0.25, -0.2) is 4.79 Å². The van der Waals surface area contributed by atoms with Crippen molar-refractivity contribution >= 4 is 17.6 Å². The smallest absolute Gasteiger partial charge is 0.342 e. The molecule has 1 amide bonds. The maximum atomic E-state index is 12.1. The summed E-state index contributed by atoms with van der Waals surface area (Å²) in [7, 11) is 0. The summed E-state index contributed by atoms with van der Waals surface area (Å²) in [6.45, 7) is 5.46. The first-order valence-corrected chi connectivity index (χ1v) is 7.88. The van der Waals surface area contributed by atoms with Crippen molar-refractivity contribution in [2.24, 2.45) is 0 Å². The van der Waals surface area contributed by atoms with Crippen LogP contribution >= 0.6 is 0 Å². The predicted molar refractivity (Wildman–Crippen MR) is 94.0 cm³/mol. The first kappa shape index (κ1) is 18.3. The number of esters is 1. The van der Waals surface area contributed by atoms with Crippen LogP contribution in [0.25, 0.3) is 0 Å². The van der Waals surface area contributed by atoms with E-state index in [0.29, 0.717) is 5.69 Å². The number of aromatic hydroxyl groups is 2. The van der Waals surface area contributed by atoms with E-state index in [2.05, 4.69) is 5.32 Å². The van der Waals surface area contributed by atoms with E-state index in [-0.39, 0.29) is 17.2 Å². The molecule has 3 N–H and O–H groups in total. The van der Waals surface area contributed by atoms with Crippen LogP contribution in [0.1, 0.15) is 41.3 Å². The molecule has 0 aliphatic rings. The van der Waals surface area contributed by atoms with Crippen molar-refractivity contribution in [3.63, 3.8) is 0 Å². The fraction of sp³-hybridized carbons (Fsp3) is 0.263. The molecule has 0 unspecified atom stereocenters. The molecule has 25 heavy (non-hydrogen) atoms. The average Bonchev–Trinajstić information content (AvgIpc) is 2.54. The van der Waals surface area contributed by atoms with Gasteiger partial charge >= 0.3 is 5.97 Å². The molecule has 0 atom stereocenters. The Balaban J connectivity index is 2.03. The molecule has 0 radical (unpaired) electrons. The Labute approximate surface area is 146 Å². The lowest BCUT2D eigenvalue weighted by molar-refractivity contribution is -0.119. The number of para-hydroxylation sites is 1. The molecule has 0 saturated heterocycles. The largest absolute Gasteiger partial charge is 0.508 e. The SMILES string of the molecule is Cc1cccc(C(C)C)c1NC(=O)COC(=O)c1ccc(O)cc1O. The molecule has 0 aliphatic carbocycles. The molecule has 2 aromatic rings. The number of carbonyl (C=O) groups is 2. The highest BCUT2D eigenvalue weighted by Crippen LogP contribution is 2.27. The van der Waals surface area contributed by atoms with Gasteiger partial charge in [-0.15, -0.1) is 0 Å². The van der Waals surface area contributed by atoms with Gasteiger partial charge in [-0.05, 0) is 36.1 Å². The Kier molecular flexibility index (Phi) is 5.64. The van der Waals surface area contributed by atoms with Crippen LogP contribution in [0.15, 0.2) is 36.4 Å². The number of benzene rings is 2. The number of hydrogen-bond donors (Lipinski definition) is 3. The van der Waals surface area contributed by atoms with Crippen molar-refractivity contribution in [1.29, 1.82) is 0 Å². The van der Waals surface area contributed by atoms with E-state index in [0.717, 1.165) is 17.2 Å². The molecule has 0 bridgehead atoms. The Morgan fingerprint density at radius 2 is 1.88 bits per heavy atom. The van der Waals surface area contributed by atoms with Gasteiger partial charge in [-0.2, -0.15) is 0 Å². The Bertz CT molecular complexity index is 798. The van der Waals surface area contributed by atoms with Crippen LogP contribution in [-0.4, -0.2) is 28.7 Å². The lowest BCUT2D eigenvalue weighted by Crippen LogP contribution is -2.22. The van der Waals surface area contributed by atoms with Gasteiger partial charge in [0.2, 0.25) is 0 Å². The predicted octanol–water partition coefficient (Wildman–Crippen LogP) is 3.33. The minimum atomic E-state index is -0.846. The quantitative estimate of drug-likeness (QED) is 0.724. The minimum Gasteiger partial charge on any atom is -0.508 e. The van der Waals surface area contributed by atoms with Gasteiger partial charge in [0.15, 0.2) is 6.61 Å². The van der Waals surface area contributed by atoms with Crippen molar-refractivity contribution in [3.05, 3.63) is 53.1 Å². The van der Waals surface area contributed by atoms with Crippen molar-refractivity contribution in [1.82, 2.24) is 0 Å². The molecule has 0 fully saturated rings. The van der Waals surface area contributed by atoms with E-state index in [1.54, 1.807) is 0 Å². The first-order chi connectivity index (χ1) is 11.8. The molecule has 6 nitrogen and oxygen atoms in total. The van der Waals surface area contributed by atoms with Crippen LogP contribution in [-0.2, 0) is 9.53 Å². The fourth-order valence-corrected chi connectivity index (χ4v) is 2.42. The minimum absolute atomic E-state index is 0.121.